The lowest BCUT2D eigenvalue weighted by molar-refractivity contribution is -0.107. The maximum Gasteiger partial charge on any atom is 0.160 e. The molecular weight excluding hydrogens is 272 g/mol. The van der Waals surface area contributed by atoms with Crippen LogP contribution in [0.1, 0.15) is 22.8 Å². The van der Waals surface area contributed by atoms with Crippen LogP contribution in [0.2, 0.25) is 0 Å². The molecule has 3 rings (SSSR count). The van der Waals surface area contributed by atoms with Crippen LogP contribution in [0.15, 0.2) is 60.7 Å². The van der Waals surface area contributed by atoms with E-state index in [2.05, 4.69) is 6.07 Å². The van der Waals surface area contributed by atoms with Crippen LogP contribution in [-0.4, -0.2) is 12.1 Å². The minimum Gasteiger partial charge on any atom is -0.303 e. The second kappa shape index (κ2) is 5.94. The third kappa shape index (κ3) is 2.56. The predicted molar refractivity (Wildman–Crippen MR) is 89.2 cm³/mol. The average Bonchev–Trinajstić information content (AvgIpc) is 2.54. The Morgan fingerprint density at radius 2 is 1.59 bits per heavy atom. The molecule has 0 bridgehead atoms. The first-order valence-corrected chi connectivity index (χ1v) is 7.26. The van der Waals surface area contributed by atoms with Crippen LogP contribution in [0, 0.1) is 0 Å². The Hall–Kier alpha value is -2.74. The molecule has 0 aliphatic heterocycles. The Balaban J connectivity index is 2.17. The summed E-state index contributed by atoms with van der Waals surface area (Å²) in [6.45, 7) is 1.59. The lowest BCUT2D eigenvalue weighted by Gasteiger charge is -2.10. The summed E-state index contributed by atoms with van der Waals surface area (Å²) in [5, 5.41) is 2.04. The van der Waals surface area contributed by atoms with Gasteiger partial charge in [0.1, 0.15) is 6.29 Å². The van der Waals surface area contributed by atoms with Crippen molar-refractivity contribution < 1.29 is 9.59 Å². The van der Waals surface area contributed by atoms with E-state index in [1.54, 1.807) is 6.92 Å². The average molecular weight is 288 g/mol. The smallest absolute Gasteiger partial charge is 0.160 e. The zero-order valence-electron chi connectivity index (χ0n) is 12.4. The predicted octanol–water partition coefficient (Wildman–Crippen LogP) is 4.45. The van der Waals surface area contributed by atoms with Crippen LogP contribution in [0.4, 0.5) is 0 Å². The summed E-state index contributed by atoms with van der Waals surface area (Å²) in [5.41, 5.74) is 3.93. The largest absolute Gasteiger partial charge is 0.303 e. The van der Waals surface area contributed by atoms with Gasteiger partial charge in [-0.2, -0.15) is 0 Å². The van der Waals surface area contributed by atoms with E-state index in [1.165, 1.54) is 0 Å². The molecule has 2 heteroatoms. The van der Waals surface area contributed by atoms with Crippen molar-refractivity contribution in [3.05, 3.63) is 71.8 Å². The van der Waals surface area contributed by atoms with Gasteiger partial charge < -0.3 is 4.79 Å². The highest BCUT2D eigenvalue weighted by molar-refractivity contribution is 6.10. The summed E-state index contributed by atoms with van der Waals surface area (Å²) in [7, 11) is 0. The fourth-order valence-corrected chi connectivity index (χ4v) is 2.79. The number of aldehydes is 1. The van der Waals surface area contributed by atoms with Crippen LogP contribution in [0.5, 0.6) is 0 Å². The second-order valence-electron chi connectivity index (χ2n) is 5.33. The lowest BCUT2D eigenvalue weighted by Crippen LogP contribution is -1.94. The van der Waals surface area contributed by atoms with E-state index < -0.39 is 0 Å². The van der Waals surface area contributed by atoms with E-state index in [9.17, 15) is 9.59 Å². The molecule has 0 atom stereocenters. The van der Waals surface area contributed by atoms with Gasteiger partial charge in [-0.15, -0.1) is 0 Å². The van der Waals surface area contributed by atoms with Gasteiger partial charge in [-0.3, -0.25) is 4.79 Å². The second-order valence-corrected chi connectivity index (χ2v) is 5.33. The van der Waals surface area contributed by atoms with Crippen LogP contribution in [-0.2, 0) is 11.2 Å². The minimum atomic E-state index is 0.0732. The molecular formula is C20H16O2. The number of ketones is 1. The van der Waals surface area contributed by atoms with Gasteiger partial charge in [-0.25, -0.2) is 0 Å². The van der Waals surface area contributed by atoms with Crippen molar-refractivity contribution >= 4 is 22.8 Å². The maximum atomic E-state index is 11.8. The molecule has 0 saturated heterocycles. The van der Waals surface area contributed by atoms with Crippen molar-refractivity contribution in [2.24, 2.45) is 0 Å². The summed E-state index contributed by atoms with van der Waals surface area (Å²) < 4.78 is 0. The number of Topliss-reactive ketones (excluding diaryl/α,β-unsaturated/α-hetero) is 1. The SMILES string of the molecule is CC(=O)c1cccc2c(-c3ccc(CC=O)cc3)cccc12. The zero-order valence-corrected chi connectivity index (χ0v) is 12.4. The molecule has 0 aliphatic carbocycles. The highest BCUT2D eigenvalue weighted by Gasteiger charge is 2.09. The Morgan fingerprint density at radius 1 is 0.909 bits per heavy atom. The molecule has 0 fully saturated rings. The van der Waals surface area contributed by atoms with Gasteiger partial charge in [-0.05, 0) is 34.4 Å². The van der Waals surface area contributed by atoms with Crippen LogP contribution >= 0.6 is 0 Å². The number of carbonyl (C=O) groups is 2. The summed E-state index contributed by atoms with van der Waals surface area (Å²) >= 11 is 0. The normalized spacial score (nSPS) is 10.6. The van der Waals surface area contributed by atoms with Gasteiger partial charge >= 0.3 is 0 Å². The number of hydrogen-bond donors (Lipinski definition) is 0. The topological polar surface area (TPSA) is 34.1 Å². The third-order valence-electron chi connectivity index (χ3n) is 3.89. The Kier molecular flexibility index (Phi) is 3.84. The molecule has 0 aromatic heterocycles. The Bertz CT molecular complexity index is 845. The fraction of sp³-hybridized carbons (Fsp3) is 0.100. The first kappa shape index (κ1) is 14.2. The number of carbonyl (C=O) groups excluding carboxylic acids is 2. The standard InChI is InChI=1S/C20H16O2/c1-14(22)17-4-2-7-20-18(5-3-6-19(17)20)16-10-8-15(9-11-16)12-13-21/h2-11,13H,12H2,1H3. The number of hydrogen-bond acceptors (Lipinski definition) is 2. The Labute approximate surface area is 129 Å². The quantitative estimate of drug-likeness (QED) is 0.525. The van der Waals surface area contributed by atoms with Crippen molar-refractivity contribution in [3.8, 4) is 11.1 Å². The lowest BCUT2D eigenvalue weighted by atomic mass is 9.94. The molecule has 0 amide bonds. The van der Waals surface area contributed by atoms with Crippen LogP contribution in [0.3, 0.4) is 0 Å². The molecule has 0 heterocycles. The molecule has 2 nitrogen and oxygen atoms in total. The van der Waals surface area contributed by atoms with E-state index >= 15 is 0 Å². The van der Waals surface area contributed by atoms with E-state index in [1.807, 2.05) is 54.6 Å². The van der Waals surface area contributed by atoms with E-state index in [-0.39, 0.29) is 5.78 Å². The van der Waals surface area contributed by atoms with Gasteiger partial charge in [0.2, 0.25) is 0 Å². The minimum absolute atomic E-state index is 0.0732. The van der Waals surface area contributed by atoms with Crippen LogP contribution < -0.4 is 0 Å². The first-order chi connectivity index (χ1) is 10.7. The molecule has 22 heavy (non-hydrogen) atoms. The van der Waals surface area contributed by atoms with Gasteiger partial charge in [0.25, 0.3) is 0 Å². The van der Waals surface area contributed by atoms with E-state index in [4.69, 9.17) is 0 Å². The van der Waals surface area contributed by atoms with Gasteiger partial charge in [0.15, 0.2) is 5.78 Å². The summed E-state index contributed by atoms with van der Waals surface area (Å²) in [5.74, 6) is 0.0732. The van der Waals surface area contributed by atoms with Gasteiger partial charge in [0, 0.05) is 12.0 Å². The van der Waals surface area contributed by atoms with Gasteiger partial charge in [0.05, 0.1) is 0 Å². The highest BCUT2D eigenvalue weighted by Crippen LogP contribution is 2.30. The molecule has 0 saturated carbocycles. The number of benzene rings is 3. The van der Waals surface area contributed by atoms with Crippen molar-refractivity contribution in [3.63, 3.8) is 0 Å². The Morgan fingerprint density at radius 3 is 2.27 bits per heavy atom. The molecule has 3 aromatic carbocycles. The van der Waals surface area contributed by atoms with Crippen molar-refractivity contribution in [2.75, 3.05) is 0 Å². The highest BCUT2D eigenvalue weighted by atomic mass is 16.1. The maximum absolute atomic E-state index is 11.8. The first-order valence-electron chi connectivity index (χ1n) is 7.26. The molecule has 0 spiro atoms. The third-order valence-corrected chi connectivity index (χ3v) is 3.89. The monoisotopic (exact) mass is 288 g/mol. The van der Waals surface area contributed by atoms with E-state index in [0.29, 0.717) is 6.42 Å². The molecule has 0 unspecified atom stereocenters. The fourth-order valence-electron chi connectivity index (χ4n) is 2.79. The van der Waals surface area contributed by atoms with Gasteiger partial charge in [-0.1, -0.05) is 60.7 Å². The molecule has 0 radical (unpaired) electrons. The van der Waals surface area contributed by atoms with Crippen molar-refractivity contribution in [2.45, 2.75) is 13.3 Å². The van der Waals surface area contributed by atoms with Crippen molar-refractivity contribution in [1.82, 2.24) is 0 Å². The molecule has 108 valence electrons. The molecule has 0 aliphatic rings. The van der Waals surface area contributed by atoms with E-state index in [0.717, 1.165) is 39.3 Å². The summed E-state index contributed by atoms with van der Waals surface area (Å²) in [4.78, 5) is 22.4. The van der Waals surface area contributed by atoms with Crippen LogP contribution in [0.25, 0.3) is 21.9 Å². The molecule has 3 aromatic rings. The summed E-state index contributed by atoms with van der Waals surface area (Å²) in [6, 6.07) is 19.8. The number of rotatable bonds is 4. The zero-order chi connectivity index (χ0) is 15.5. The van der Waals surface area contributed by atoms with Crippen molar-refractivity contribution in [1.29, 1.82) is 0 Å². The summed E-state index contributed by atoms with van der Waals surface area (Å²) in [6.07, 6.45) is 1.34. The molecule has 0 N–H and O–H groups in total. The number of fused-ring (bicyclic) bond motifs is 1.